The lowest BCUT2D eigenvalue weighted by Crippen LogP contribution is -2.35. The molecular formula is C14H23NO2. The number of aliphatic hydroxyl groups is 2. The van der Waals surface area contributed by atoms with Crippen molar-refractivity contribution in [2.45, 2.75) is 39.5 Å². The Morgan fingerprint density at radius 3 is 1.88 bits per heavy atom. The molecule has 0 amide bonds. The predicted molar refractivity (Wildman–Crippen MR) is 69.8 cm³/mol. The Morgan fingerprint density at radius 2 is 1.47 bits per heavy atom. The van der Waals surface area contributed by atoms with E-state index in [4.69, 9.17) is 0 Å². The van der Waals surface area contributed by atoms with Gasteiger partial charge in [0.2, 0.25) is 0 Å². The van der Waals surface area contributed by atoms with E-state index in [1.54, 1.807) is 13.8 Å². The maximum Gasteiger partial charge on any atom is 0.0639 e. The summed E-state index contributed by atoms with van der Waals surface area (Å²) < 4.78 is 0. The Morgan fingerprint density at radius 1 is 1.00 bits per heavy atom. The van der Waals surface area contributed by atoms with Crippen LogP contribution in [0.2, 0.25) is 0 Å². The SMILES string of the molecule is Cc1ccc(CN(CC(C)O)CC(C)O)cc1. The van der Waals surface area contributed by atoms with Gasteiger partial charge >= 0.3 is 0 Å². The van der Waals surface area contributed by atoms with Gasteiger partial charge in [0.05, 0.1) is 12.2 Å². The zero-order valence-electron chi connectivity index (χ0n) is 10.9. The highest BCUT2D eigenvalue weighted by atomic mass is 16.3. The largest absolute Gasteiger partial charge is 0.392 e. The average Bonchev–Trinajstić information content (AvgIpc) is 2.19. The van der Waals surface area contributed by atoms with E-state index in [0.29, 0.717) is 13.1 Å². The molecule has 2 atom stereocenters. The third-order valence-electron chi connectivity index (χ3n) is 2.57. The van der Waals surface area contributed by atoms with Crippen molar-refractivity contribution in [2.75, 3.05) is 13.1 Å². The number of hydrogen-bond acceptors (Lipinski definition) is 3. The molecule has 0 saturated heterocycles. The maximum absolute atomic E-state index is 9.43. The van der Waals surface area contributed by atoms with Crippen molar-refractivity contribution < 1.29 is 10.2 Å². The molecule has 0 aromatic heterocycles. The topological polar surface area (TPSA) is 43.7 Å². The Labute approximate surface area is 104 Å². The fraction of sp³-hybridized carbons (Fsp3) is 0.571. The van der Waals surface area contributed by atoms with Gasteiger partial charge in [-0.3, -0.25) is 4.90 Å². The van der Waals surface area contributed by atoms with E-state index in [9.17, 15) is 10.2 Å². The molecule has 1 aromatic carbocycles. The summed E-state index contributed by atoms with van der Waals surface area (Å²) in [5.41, 5.74) is 2.45. The highest BCUT2D eigenvalue weighted by molar-refractivity contribution is 5.21. The fourth-order valence-corrected chi connectivity index (χ4v) is 1.90. The van der Waals surface area contributed by atoms with Gasteiger partial charge in [0, 0.05) is 19.6 Å². The van der Waals surface area contributed by atoms with Gasteiger partial charge in [-0.2, -0.15) is 0 Å². The van der Waals surface area contributed by atoms with Crippen LogP contribution in [0.15, 0.2) is 24.3 Å². The number of aliphatic hydroxyl groups excluding tert-OH is 2. The van der Waals surface area contributed by atoms with E-state index in [2.05, 4.69) is 36.1 Å². The minimum absolute atomic E-state index is 0.376. The molecule has 0 saturated carbocycles. The number of rotatable bonds is 6. The third-order valence-corrected chi connectivity index (χ3v) is 2.57. The molecule has 0 fully saturated rings. The monoisotopic (exact) mass is 237 g/mol. The quantitative estimate of drug-likeness (QED) is 0.789. The molecule has 96 valence electrons. The van der Waals surface area contributed by atoms with Crippen molar-refractivity contribution >= 4 is 0 Å². The van der Waals surface area contributed by atoms with Crippen LogP contribution in [0, 0.1) is 6.92 Å². The van der Waals surface area contributed by atoms with Crippen molar-refractivity contribution in [1.82, 2.24) is 4.90 Å². The highest BCUT2D eigenvalue weighted by Crippen LogP contribution is 2.08. The Hall–Kier alpha value is -0.900. The molecule has 0 aliphatic heterocycles. The second-order valence-electron chi connectivity index (χ2n) is 4.88. The molecule has 1 rings (SSSR count). The predicted octanol–water partition coefficient (Wildman–Crippen LogP) is 1.56. The molecule has 0 heterocycles. The van der Waals surface area contributed by atoms with Crippen LogP contribution in [-0.2, 0) is 6.54 Å². The molecule has 1 aromatic rings. The molecule has 0 spiro atoms. The van der Waals surface area contributed by atoms with Gasteiger partial charge in [0.25, 0.3) is 0 Å². The molecular weight excluding hydrogens is 214 g/mol. The molecule has 17 heavy (non-hydrogen) atoms. The van der Waals surface area contributed by atoms with E-state index in [0.717, 1.165) is 6.54 Å². The number of nitrogens with zero attached hydrogens (tertiary/aromatic N) is 1. The first-order chi connectivity index (χ1) is 7.97. The van der Waals surface area contributed by atoms with Crippen LogP contribution in [-0.4, -0.2) is 40.4 Å². The van der Waals surface area contributed by atoms with E-state index >= 15 is 0 Å². The summed E-state index contributed by atoms with van der Waals surface area (Å²) in [4.78, 5) is 2.07. The van der Waals surface area contributed by atoms with E-state index in [1.165, 1.54) is 11.1 Å². The summed E-state index contributed by atoms with van der Waals surface area (Å²) in [5, 5.41) is 18.9. The second-order valence-corrected chi connectivity index (χ2v) is 4.88. The van der Waals surface area contributed by atoms with Crippen molar-refractivity contribution in [3.63, 3.8) is 0 Å². The molecule has 3 heteroatoms. The molecule has 0 aliphatic rings. The van der Waals surface area contributed by atoms with Gasteiger partial charge in [-0.1, -0.05) is 29.8 Å². The van der Waals surface area contributed by atoms with Crippen molar-refractivity contribution in [2.24, 2.45) is 0 Å². The maximum atomic E-state index is 9.43. The number of benzene rings is 1. The van der Waals surface area contributed by atoms with Crippen LogP contribution >= 0.6 is 0 Å². The summed E-state index contributed by atoms with van der Waals surface area (Å²) in [7, 11) is 0. The highest BCUT2D eigenvalue weighted by Gasteiger charge is 2.11. The lowest BCUT2D eigenvalue weighted by molar-refractivity contribution is 0.0794. The standard InChI is InChI=1S/C14H23NO2/c1-11-4-6-14(7-5-11)10-15(8-12(2)16)9-13(3)17/h4-7,12-13,16-17H,8-10H2,1-3H3. The summed E-state index contributed by atoms with van der Waals surface area (Å²) in [6.45, 7) is 7.52. The number of aryl methyl sites for hydroxylation is 1. The first-order valence-corrected chi connectivity index (χ1v) is 6.11. The lowest BCUT2D eigenvalue weighted by atomic mass is 10.1. The smallest absolute Gasteiger partial charge is 0.0639 e. The van der Waals surface area contributed by atoms with Crippen LogP contribution in [0.4, 0.5) is 0 Å². The summed E-state index contributed by atoms with van der Waals surface area (Å²) in [5.74, 6) is 0. The Bertz CT molecular complexity index is 309. The summed E-state index contributed by atoms with van der Waals surface area (Å²) in [6, 6.07) is 8.34. The van der Waals surface area contributed by atoms with Gasteiger partial charge in [-0.25, -0.2) is 0 Å². The second kappa shape index (κ2) is 6.74. The van der Waals surface area contributed by atoms with Crippen LogP contribution in [0.1, 0.15) is 25.0 Å². The van der Waals surface area contributed by atoms with Crippen molar-refractivity contribution in [3.05, 3.63) is 35.4 Å². The molecule has 0 aliphatic carbocycles. The van der Waals surface area contributed by atoms with Gasteiger partial charge in [-0.15, -0.1) is 0 Å². The first kappa shape index (κ1) is 14.2. The van der Waals surface area contributed by atoms with Crippen LogP contribution in [0.3, 0.4) is 0 Å². The zero-order valence-corrected chi connectivity index (χ0v) is 10.9. The summed E-state index contributed by atoms with van der Waals surface area (Å²) in [6.07, 6.45) is -0.751. The third kappa shape index (κ3) is 5.82. The molecule has 0 bridgehead atoms. The fourth-order valence-electron chi connectivity index (χ4n) is 1.90. The molecule has 2 unspecified atom stereocenters. The molecule has 2 N–H and O–H groups in total. The Balaban J connectivity index is 2.61. The summed E-state index contributed by atoms with van der Waals surface area (Å²) >= 11 is 0. The van der Waals surface area contributed by atoms with Gasteiger partial charge < -0.3 is 10.2 Å². The molecule has 0 radical (unpaired) electrons. The minimum Gasteiger partial charge on any atom is -0.392 e. The van der Waals surface area contributed by atoms with Crippen molar-refractivity contribution in [3.8, 4) is 0 Å². The Kier molecular flexibility index (Phi) is 5.62. The van der Waals surface area contributed by atoms with E-state index in [-0.39, 0.29) is 12.2 Å². The van der Waals surface area contributed by atoms with Crippen LogP contribution in [0.5, 0.6) is 0 Å². The van der Waals surface area contributed by atoms with Gasteiger partial charge in [-0.05, 0) is 26.3 Å². The van der Waals surface area contributed by atoms with E-state index in [1.807, 2.05) is 0 Å². The normalized spacial score (nSPS) is 14.9. The minimum atomic E-state index is -0.376. The average molecular weight is 237 g/mol. The van der Waals surface area contributed by atoms with Gasteiger partial charge in [0.15, 0.2) is 0 Å². The van der Waals surface area contributed by atoms with Crippen molar-refractivity contribution in [1.29, 1.82) is 0 Å². The van der Waals surface area contributed by atoms with Crippen LogP contribution < -0.4 is 0 Å². The number of hydrogen-bond donors (Lipinski definition) is 2. The van der Waals surface area contributed by atoms with Crippen LogP contribution in [0.25, 0.3) is 0 Å². The first-order valence-electron chi connectivity index (χ1n) is 6.11. The lowest BCUT2D eigenvalue weighted by Gasteiger charge is -2.25. The van der Waals surface area contributed by atoms with E-state index < -0.39 is 0 Å². The zero-order chi connectivity index (χ0) is 12.8. The molecule has 3 nitrogen and oxygen atoms in total. The van der Waals surface area contributed by atoms with Gasteiger partial charge in [0.1, 0.15) is 0 Å².